The van der Waals surface area contributed by atoms with Gasteiger partial charge in [-0.25, -0.2) is 4.79 Å². The van der Waals surface area contributed by atoms with Crippen LogP contribution in [0.15, 0.2) is 5.11 Å². The maximum absolute atomic E-state index is 10.6. The van der Waals surface area contributed by atoms with E-state index in [2.05, 4.69) is 10.0 Å². The first-order valence-corrected chi connectivity index (χ1v) is 3.79. The Hall–Kier alpha value is -1.42. The van der Waals surface area contributed by atoms with Gasteiger partial charge in [-0.2, -0.15) is 0 Å². The molecule has 6 nitrogen and oxygen atoms in total. The molecule has 0 spiro atoms. The van der Waals surface area contributed by atoms with Gasteiger partial charge in [-0.15, -0.1) is 0 Å². The number of hydrogen-bond donors (Lipinski definition) is 1. The molecule has 0 aliphatic carbocycles. The van der Waals surface area contributed by atoms with Gasteiger partial charge in [0.05, 0.1) is 0 Å². The van der Waals surface area contributed by atoms with Crippen LogP contribution in [0.25, 0.3) is 10.4 Å². The van der Waals surface area contributed by atoms with Gasteiger partial charge in [-0.3, -0.25) is 4.90 Å². The van der Waals surface area contributed by atoms with Gasteiger partial charge in [0.15, 0.2) is 0 Å². The summed E-state index contributed by atoms with van der Waals surface area (Å²) in [5.41, 5.74) is 8.16. The lowest BCUT2D eigenvalue weighted by Crippen LogP contribution is -2.41. The summed E-state index contributed by atoms with van der Waals surface area (Å²) in [6.07, 6.45) is 0.904. The van der Waals surface area contributed by atoms with Gasteiger partial charge in [0, 0.05) is 11.5 Å². The molecule has 1 unspecified atom stereocenters. The van der Waals surface area contributed by atoms with Crippen LogP contribution in [0.5, 0.6) is 0 Å². The van der Waals surface area contributed by atoms with Crippen molar-refractivity contribution in [2.45, 2.75) is 25.4 Å². The number of hydrogen-bond acceptors (Lipinski definition) is 2. The average Bonchev–Trinajstić information content (AvgIpc) is 2.05. The summed E-state index contributed by atoms with van der Waals surface area (Å²) in [6.45, 7) is 0.471. The quantitative estimate of drug-likeness (QED) is 0.369. The van der Waals surface area contributed by atoms with Crippen molar-refractivity contribution < 1.29 is 9.90 Å². The number of rotatable bonds is 1. The molecular weight excluding hydrogens is 160 g/mol. The molecule has 1 saturated heterocycles. The van der Waals surface area contributed by atoms with E-state index in [1.165, 1.54) is 4.90 Å². The third-order valence-corrected chi connectivity index (χ3v) is 1.90. The van der Waals surface area contributed by atoms with Gasteiger partial charge < -0.3 is 5.11 Å². The van der Waals surface area contributed by atoms with Gasteiger partial charge in [-0.05, 0) is 24.8 Å². The third-order valence-electron chi connectivity index (χ3n) is 1.90. The van der Waals surface area contributed by atoms with Crippen molar-refractivity contribution in [3.8, 4) is 0 Å². The molecule has 0 saturated carbocycles. The molecule has 0 radical (unpaired) electrons. The Morgan fingerprint density at radius 3 is 3.00 bits per heavy atom. The summed E-state index contributed by atoms with van der Waals surface area (Å²) in [7, 11) is 0. The fourth-order valence-corrected chi connectivity index (χ4v) is 1.32. The van der Waals surface area contributed by atoms with E-state index < -0.39 is 12.3 Å². The van der Waals surface area contributed by atoms with Crippen molar-refractivity contribution in [1.29, 1.82) is 0 Å². The summed E-state index contributed by atoms with van der Waals surface area (Å²) < 4.78 is 0. The van der Waals surface area contributed by atoms with Crippen molar-refractivity contribution in [2.75, 3.05) is 6.54 Å². The van der Waals surface area contributed by atoms with Crippen LogP contribution in [0.4, 0.5) is 4.79 Å². The first kappa shape index (κ1) is 8.67. The summed E-state index contributed by atoms with van der Waals surface area (Å²) in [4.78, 5) is 14.4. The summed E-state index contributed by atoms with van der Waals surface area (Å²) in [6, 6.07) is 0. The van der Waals surface area contributed by atoms with Crippen LogP contribution >= 0.6 is 0 Å². The second kappa shape index (κ2) is 3.82. The first-order chi connectivity index (χ1) is 5.75. The molecule has 1 N–H and O–H groups in total. The number of likely N-dealkylation sites (tertiary alicyclic amines) is 1. The highest BCUT2D eigenvalue weighted by molar-refractivity contribution is 5.65. The predicted molar refractivity (Wildman–Crippen MR) is 41.5 cm³/mol. The Kier molecular flexibility index (Phi) is 2.76. The Bertz CT molecular complexity index is 214. The molecule has 66 valence electrons. The van der Waals surface area contributed by atoms with Crippen LogP contribution < -0.4 is 0 Å². The molecule has 1 rings (SSSR count). The Morgan fingerprint density at radius 1 is 1.67 bits per heavy atom. The summed E-state index contributed by atoms with van der Waals surface area (Å²) in [5, 5.41) is 12.1. The van der Waals surface area contributed by atoms with Crippen molar-refractivity contribution in [2.24, 2.45) is 5.11 Å². The number of amides is 1. The molecule has 1 aliphatic rings. The van der Waals surface area contributed by atoms with Crippen LogP contribution in [-0.2, 0) is 0 Å². The second-order valence-corrected chi connectivity index (χ2v) is 2.66. The minimum absolute atomic E-state index is 0.471. The standard InChI is InChI=1S/C6H10N4O2/c7-9-8-5-3-1-2-4-10(5)6(11)12/h5H,1-4H2,(H,11,12). The fraction of sp³-hybridized carbons (Fsp3) is 0.833. The molecule has 0 bridgehead atoms. The number of nitrogens with zero attached hydrogens (tertiary/aromatic N) is 4. The van der Waals surface area contributed by atoms with Crippen molar-refractivity contribution in [3.05, 3.63) is 10.4 Å². The average molecular weight is 170 g/mol. The van der Waals surface area contributed by atoms with E-state index in [4.69, 9.17) is 10.6 Å². The first-order valence-electron chi connectivity index (χ1n) is 3.79. The van der Waals surface area contributed by atoms with Crippen LogP contribution in [0.3, 0.4) is 0 Å². The minimum atomic E-state index is -1.01. The summed E-state index contributed by atoms with van der Waals surface area (Å²) in [5.74, 6) is 0. The normalized spacial score (nSPS) is 23.0. The summed E-state index contributed by atoms with van der Waals surface area (Å²) >= 11 is 0. The largest absolute Gasteiger partial charge is 0.465 e. The van der Waals surface area contributed by atoms with E-state index >= 15 is 0 Å². The minimum Gasteiger partial charge on any atom is -0.465 e. The van der Waals surface area contributed by atoms with Crippen LogP contribution in [0.1, 0.15) is 19.3 Å². The molecule has 1 heterocycles. The zero-order valence-electron chi connectivity index (χ0n) is 6.55. The molecule has 1 aliphatic heterocycles. The smallest absolute Gasteiger partial charge is 0.407 e. The molecule has 0 aromatic heterocycles. The Balaban J connectivity index is 2.66. The molecule has 12 heavy (non-hydrogen) atoms. The van der Waals surface area contributed by atoms with Gasteiger partial charge in [-0.1, -0.05) is 5.11 Å². The van der Waals surface area contributed by atoms with Crippen LogP contribution in [0.2, 0.25) is 0 Å². The fourth-order valence-electron chi connectivity index (χ4n) is 1.32. The molecule has 1 atom stereocenters. The van der Waals surface area contributed by atoms with E-state index in [-0.39, 0.29) is 0 Å². The predicted octanol–water partition coefficient (Wildman–Crippen LogP) is 1.79. The van der Waals surface area contributed by atoms with E-state index in [9.17, 15) is 4.79 Å². The van der Waals surface area contributed by atoms with Crippen LogP contribution in [-0.4, -0.2) is 28.8 Å². The van der Waals surface area contributed by atoms with Crippen molar-refractivity contribution in [3.63, 3.8) is 0 Å². The van der Waals surface area contributed by atoms with Gasteiger partial charge in [0.1, 0.15) is 6.17 Å². The molecular formula is C6H10N4O2. The highest BCUT2D eigenvalue weighted by Crippen LogP contribution is 2.17. The molecule has 6 heteroatoms. The SMILES string of the molecule is [N-]=[N+]=NC1CCCCN1C(=O)O. The maximum Gasteiger partial charge on any atom is 0.407 e. The van der Waals surface area contributed by atoms with Gasteiger partial charge in [0.25, 0.3) is 0 Å². The number of azide groups is 1. The molecule has 1 amide bonds. The topological polar surface area (TPSA) is 89.3 Å². The van der Waals surface area contributed by atoms with Gasteiger partial charge in [0.2, 0.25) is 0 Å². The van der Waals surface area contributed by atoms with Gasteiger partial charge >= 0.3 is 6.09 Å². The highest BCUT2D eigenvalue weighted by atomic mass is 16.4. The number of carbonyl (C=O) groups is 1. The zero-order chi connectivity index (χ0) is 8.97. The van der Waals surface area contributed by atoms with E-state index in [0.717, 1.165) is 12.8 Å². The molecule has 0 aromatic carbocycles. The monoisotopic (exact) mass is 170 g/mol. The van der Waals surface area contributed by atoms with Crippen LogP contribution in [0, 0.1) is 0 Å². The van der Waals surface area contributed by atoms with E-state index in [0.29, 0.717) is 13.0 Å². The molecule has 1 fully saturated rings. The lowest BCUT2D eigenvalue weighted by Gasteiger charge is -2.29. The Morgan fingerprint density at radius 2 is 2.42 bits per heavy atom. The van der Waals surface area contributed by atoms with Crippen molar-refractivity contribution in [1.82, 2.24) is 4.90 Å². The highest BCUT2D eigenvalue weighted by Gasteiger charge is 2.24. The van der Waals surface area contributed by atoms with E-state index in [1.807, 2.05) is 0 Å². The zero-order valence-corrected chi connectivity index (χ0v) is 6.55. The lowest BCUT2D eigenvalue weighted by molar-refractivity contribution is 0.109. The number of piperidine rings is 1. The Labute approximate surface area is 69.4 Å². The third kappa shape index (κ3) is 1.79. The van der Waals surface area contributed by atoms with E-state index in [1.54, 1.807) is 0 Å². The maximum atomic E-state index is 10.6. The number of carboxylic acid groups (broad SMARTS) is 1. The lowest BCUT2D eigenvalue weighted by atomic mass is 10.1. The second-order valence-electron chi connectivity index (χ2n) is 2.66. The van der Waals surface area contributed by atoms with Crippen molar-refractivity contribution >= 4 is 6.09 Å². The molecule has 0 aromatic rings.